The van der Waals surface area contributed by atoms with Gasteiger partial charge in [-0.2, -0.15) is 0 Å². The number of amides is 1. The van der Waals surface area contributed by atoms with E-state index in [2.05, 4.69) is 0 Å². The van der Waals surface area contributed by atoms with Crippen LogP contribution in [0.5, 0.6) is 0 Å². The molecule has 1 unspecified atom stereocenters. The number of carbonyl (C=O) groups excluding carboxylic acids is 1. The maximum atomic E-state index is 12.4. The van der Waals surface area contributed by atoms with Gasteiger partial charge in [-0.15, -0.1) is 0 Å². The van der Waals surface area contributed by atoms with Gasteiger partial charge in [0, 0.05) is 24.9 Å². The fourth-order valence-corrected chi connectivity index (χ4v) is 2.52. The second-order valence-corrected chi connectivity index (χ2v) is 7.00. The molecule has 1 atom stereocenters. The summed E-state index contributed by atoms with van der Waals surface area (Å²) in [5, 5.41) is 0. The number of carbonyl (C=O) groups is 1. The Hall–Kier alpha value is -1.40. The third kappa shape index (κ3) is 4.31. The predicted molar refractivity (Wildman–Crippen MR) is 79.3 cm³/mol. The van der Waals surface area contributed by atoms with Crippen molar-refractivity contribution in [2.75, 3.05) is 25.9 Å². The van der Waals surface area contributed by atoms with Gasteiger partial charge in [-0.1, -0.05) is 13.0 Å². The average Bonchev–Trinajstić information content (AvgIpc) is 2.42. The highest BCUT2D eigenvalue weighted by Crippen LogP contribution is 2.14. The van der Waals surface area contributed by atoms with Gasteiger partial charge in [0.05, 0.1) is 4.90 Å². The highest BCUT2D eigenvalue weighted by Gasteiger charge is 2.18. The van der Waals surface area contributed by atoms with Gasteiger partial charge in [-0.25, -0.2) is 8.42 Å². The molecule has 1 amide bonds. The number of sulfone groups is 1. The molecule has 1 rings (SSSR count). The summed E-state index contributed by atoms with van der Waals surface area (Å²) in [4.78, 5) is 14.2. The Morgan fingerprint density at radius 2 is 2.05 bits per heavy atom. The van der Waals surface area contributed by atoms with Crippen LogP contribution in [0.25, 0.3) is 0 Å². The van der Waals surface area contributed by atoms with Gasteiger partial charge in [0.25, 0.3) is 5.91 Å². The molecule has 0 aliphatic heterocycles. The molecule has 0 radical (unpaired) electrons. The fourth-order valence-electron chi connectivity index (χ4n) is 1.85. The molecule has 112 valence electrons. The molecule has 0 saturated carbocycles. The number of hydrogen-bond donors (Lipinski definition) is 1. The van der Waals surface area contributed by atoms with Crippen molar-refractivity contribution in [1.29, 1.82) is 0 Å². The monoisotopic (exact) mass is 298 g/mol. The zero-order valence-corrected chi connectivity index (χ0v) is 13.0. The van der Waals surface area contributed by atoms with Crippen molar-refractivity contribution in [3.63, 3.8) is 0 Å². The van der Waals surface area contributed by atoms with E-state index in [0.717, 1.165) is 6.26 Å². The normalized spacial score (nSPS) is 13.0. The summed E-state index contributed by atoms with van der Waals surface area (Å²) >= 11 is 0. The molecule has 0 fully saturated rings. The van der Waals surface area contributed by atoms with E-state index >= 15 is 0 Å². The van der Waals surface area contributed by atoms with Gasteiger partial charge in [-0.05, 0) is 37.6 Å². The smallest absolute Gasteiger partial charge is 0.253 e. The summed E-state index contributed by atoms with van der Waals surface area (Å²) in [6.07, 6.45) is 1.13. The number of hydrogen-bond acceptors (Lipinski definition) is 4. The SMILES string of the molecule is CCN(CC(C)CN)C(=O)c1cccc(S(C)(=O)=O)c1. The fraction of sp³-hybridized carbons (Fsp3) is 0.500. The summed E-state index contributed by atoms with van der Waals surface area (Å²) in [6, 6.07) is 6.13. The van der Waals surface area contributed by atoms with Gasteiger partial charge < -0.3 is 10.6 Å². The van der Waals surface area contributed by atoms with E-state index in [1.165, 1.54) is 12.1 Å². The molecule has 6 heteroatoms. The minimum absolute atomic E-state index is 0.159. The number of nitrogens with zero attached hydrogens (tertiary/aromatic N) is 1. The average molecular weight is 298 g/mol. The van der Waals surface area contributed by atoms with Crippen LogP contribution in [0.2, 0.25) is 0 Å². The summed E-state index contributed by atoms with van der Waals surface area (Å²) < 4.78 is 23.1. The highest BCUT2D eigenvalue weighted by atomic mass is 32.2. The topological polar surface area (TPSA) is 80.5 Å². The van der Waals surface area contributed by atoms with Gasteiger partial charge in [-0.3, -0.25) is 4.79 Å². The Morgan fingerprint density at radius 3 is 2.55 bits per heavy atom. The van der Waals surface area contributed by atoms with Crippen LogP contribution < -0.4 is 5.73 Å². The lowest BCUT2D eigenvalue weighted by Crippen LogP contribution is -2.36. The predicted octanol–water partition coefficient (Wildman–Crippen LogP) is 1.15. The Balaban J connectivity index is 3.01. The molecule has 0 spiro atoms. The minimum atomic E-state index is -3.31. The molecule has 0 aliphatic rings. The number of benzene rings is 1. The van der Waals surface area contributed by atoms with Crippen molar-refractivity contribution < 1.29 is 13.2 Å². The van der Waals surface area contributed by atoms with Crippen molar-refractivity contribution in [3.8, 4) is 0 Å². The molecular formula is C14H22N2O3S. The first-order valence-electron chi connectivity index (χ1n) is 6.59. The van der Waals surface area contributed by atoms with E-state index in [4.69, 9.17) is 5.73 Å². The molecule has 2 N–H and O–H groups in total. The Kier molecular flexibility index (Phi) is 5.71. The second-order valence-electron chi connectivity index (χ2n) is 4.98. The van der Waals surface area contributed by atoms with E-state index in [0.29, 0.717) is 25.2 Å². The lowest BCUT2D eigenvalue weighted by Gasteiger charge is -2.24. The Bertz CT molecular complexity index is 570. The second kappa shape index (κ2) is 6.85. The zero-order chi connectivity index (χ0) is 15.3. The Morgan fingerprint density at radius 1 is 1.40 bits per heavy atom. The van der Waals surface area contributed by atoms with Crippen molar-refractivity contribution in [2.24, 2.45) is 11.7 Å². The largest absolute Gasteiger partial charge is 0.339 e. The van der Waals surface area contributed by atoms with Crippen molar-refractivity contribution in [1.82, 2.24) is 4.90 Å². The first-order chi connectivity index (χ1) is 9.29. The molecule has 0 saturated heterocycles. The lowest BCUT2D eigenvalue weighted by molar-refractivity contribution is 0.0743. The third-order valence-corrected chi connectivity index (χ3v) is 4.22. The van der Waals surface area contributed by atoms with Crippen LogP contribution in [-0.4, -0.2) is 45.1 Å². The van der Waals surface area contributed by atoms with E-state index < -0.39 is 9.84 Å². The highest BCUT2D eigenvalue weighted by molar-refractivity contribution is 7.90. The van der Waals surface area contributed by atoms with Crippen LogP contribution in [0, 0.1) is 5.92 Å². The molecule has 0 aromatic heterocycles. The van der Waals surface area contributed by atoms with Crippen LogP contribution in [0.4, 0.5) is 0 Å². The van der Waals surface area contributed by atoms with E-state index in [1.807, 2.05) is 13.8 Å². The molecule has 0 heterocycles. The van der Waals surface area contributed by atoms with Crippen molar-refractivity contribution >= 4 is 15.7 Å². The van der Waals surface area contributed by atoms with Gasteiger partial charge in [0.2, 0.25) is 0 Å². The van der Waals surface area contributed by atoms with E-state index in [9.17, 15) is 13.2 Å². The van der Waals surface area contributed by atoms with Gasteiger partial charge in [0.15, 0.2) is 9.84 Å². The van der Waals surface area contributed by atoms with Crippen molar-refractivity contribution in [3.05, 3.63) is 29.8 Å². The summed E-state index contributed by atoms with van der Waals surface area (Å²) in [5.41, 5.74) is 5.97. The number of rotatable bonds is 6. The molecular weight excluding hydrogens is 276 g/mol. The first kappa shape index (κ1) is 16.7. The summed E-state index contributed by atoms with van der Waals surface area (Å²) in [7, 11) is -3.31. The number of nitrogens with two attached hydrogens (primary N) is 1. The van der Waals surface area contributed by atoms with Crippen LogP contribution in [0.3, 0.4) is 0 Å². The van der Waals surface area contributed by atoms with Crippen molar-refractivity contribution in [2.45, 2.75) is 18.7 Å². The maximum Gasteiger partial charge on any atom is 0.253 e. The minimum Gasteiger partial charge on any atom is -0.339 e. The molecule has 5 nitrogen and oxygen atoms in total. The Labute approximate surface area is 120 Å². The lowest BCUT2D eigenvalue weighted by atomic mass is 10.1. The maximum absolute atomic E-state index is 12.4. The molecule has 0 bridgehead atoms. The van der Waals surface area contributed by atoms with Gasteiger partial charge in [0.1, 0.15) is 0 Å². The molecule has 20 heavy (non-hydrogen) atoms. The summed E-state index contributed by atoms with van der Waals surface area (Å²) in [6.45, 7) is 5.50. The molecule has 1 aromatic rings. The van der Waals surface area contributed by atoms with E-state index in [-0.39, 0.29) is 16.7 Å². The van der Waals surface area contributed by atoms with E-state index in [1.54, 1.807) is 17.0 Å². The zero-order valence-electron chi connectivity index (χ0n) is 12.2. The summed E-state index contributed by atoms with van der Waals surface area (Å²) in [5.74, 6) is 0.0373. The quantitative estimate of drug-likeness (QED) is 0.854. The van der Waals surface area contributed by atoms with Crippen LogP contribution in [0.15, 0.2) is 29.2 Å². The molecule has 0 aliphatic carbocycles. The van der Waals surface area contributed by atoms with Gasteiger partial charge >= 0.3 is 0 Å². The first-order valence-corrected chi connectivity index (χ1v) is 8.48. The molecule has 1 aromatic carbocycles. The van der Waals surface area contributed by atoms with Crippen LogP contribution >= 0.6 is 0 Å². The van der Waals surface area contributed by atoms with Crippen LogP contribution in [0.1, 0.15) is 24.2 Å². The third-order valence-electron chi connectivity index (χ3n) is 3.11. The van der Waals surface area contributed by atoms with Crippen LogP contribution in [-0.2, 0) is 9.84 Å². The standard InChI is InChI=1S/C14H22N2O3S/c1-4-16(10-11(2)9-15)14(17)12-6-5-7-13(8-12)20(3,18)19/h5-8,11H,4,9-10,15H2,1-3H3.